The van der Waals surface area contributed by atoms with Crippen LogP contribution in [0, 0.1) is 0 Å². The number of hydrogen-bond acceptors (Lipinski definition) is 9. The average molecular weight is 471 g/mol. The molecule has 4 aromatic heterocycles. The van der Waals surface area contributed by atoms with E-state index in [9.17, 15) is 10.2 Å². The summed E-state index contributed by atoms with van der Waals surface area (Å²) in [7, 11) is 0. The van der Waals surface area contributed by atoms with Crippen molar-refractivity contribution in [2.24, 2.45) is 0 Å². The highest BCUT2D eigenvalue weighted by atomic mass is 32.2. The van der Waals surface area contributed by atoms with E-state index in [-0.39, 0.29) is 0 Å². The maximum atomic E-state index is 10.1. The number of rotatable bonds is 7. The van der Waals surface area contributed by atoms with E-state index in [0.717, 1.165) is 57.0 Å². The number of aliphatic hydroxyl groups is 2. The Morgan fingerprint density at radius 1 is 1.12 bits per heavy atom. The van der Waals surface area contributed by atoms with Gasteiger partial charge < -0.3 is 19.5 Å². The van der Waals surface area contributed by atoms with Gasteiger partial charge in [-0.1, -0.05) is 11.8 Å². The maximum Gasteiger partial charge on any atom is 0.189 e. The van der Waals surface area contributed by atoms with E-state index >= 15 is 0 Å². The molecule has 168 valence electrons. The molecule has 4 aromatic rings. The van der Waals surface area contributed by atoms with Crippen LogP contribution in [0.5, 0.6) is 0 Å². The highest BCUT2D eigenvalue weighted by molar-refractivity contribution is 7.98. The van der Waals surface area contributed by atoms with Crippen molar-refractivity contribution in [3.8, 4) is 11.5 Å². The van der Waals surface area contributed by atoms with Gasteiger partial charge in [0, 0.05) is 18.5 Å². The zero-order chi connectivity index (χ0) is 22.4. The Bertz CT molecular complexity index is 1260. The van der Waals surface area contributed by atoms with Gasteiger partial charge in [-0.15, -0.1) is 11.3 Å². The van der Waals surface area contributed by atoms with Gasteiger partial charge in [-0.05, 0) is 62.6 Å². The summed E-state index contributed by atoms with van der Waals surface area (Å²) < 4.78 is 6.64. The molecular formula is C23H26N4O3S2. The molecule has 0 spiro atoms. The van der Waals surface area contributed by atoms with Gasteiger partial charge in [-0.2, -0.15) is 0 Å². The highest BCUT2D eigenvalue weighted by Crippen LogP contribution is 2.44. The van der Waals surface area contributed by atoms with Crippen LogP contribution in [0.25, 0.3) is 31.9 Å². The van der Waals surface area contributed by atoms with Gasteiger partial charge in [0.2, 0.25) is 0 Å². The smallest absolute Gasteiger partial charge is 0.189 e. The number of aromatic nitrogens is 3. The zero-order valence-corrected chi connectivity index (χ0v) is 20.0. The lowest BCUT2D eigenvalue weighted by atomic mass is 10.0. The van der Waals surface area contributed by atoms with E-state index in [1.807, 2.05) is 23.3 Å². The van der Waals surface area contributed by atoms with Crippen LogP contribution >= 0.6 is 23.1 Å². The molecule has 1 aliphatic rings. The summed E-state index contributed by atoms with van der Waals surface area (Å²) in [6.45, 7) is 4.25. The summed E-state index contributed by atoms with van der Waals surface area (Å²) in [5.74, 6) is 1.54. The molecule has 5 rings (SSSR count). The van der Waals surface area contributed by atoms with Crippen molar-refractivity contribution < 1.29 is 14.6 Å². The first-order valence-corrected chi connectivity index (χ1v) is 12.8. The van der Waals surface area contributed by atoms with Crippen LogP contribution < -0.4 is 4.90 Å². The molecule has 0 saturated carbocycles. The van der Waals surface area contributed by atoms with Crippen LogP contribution in [0.15, 0.2) is 28.0 Å². The number of thioether (sulfide) groups is 1. The van der Waals surface area contributed by atoms with Crippen LogP contribution in [0.2, 0.25) is 0 Å². The standard InChI is InChI=1S/C23H26N4O3S2/c1-12(28)10-27(11-13(2)29)21-20-19(25-23(26-21)31-3)17-14-6-4-7-15(14)18(24-22(17)32-20)16-8-5-9-30-16/h5,8-9,12-13,28-29H,4,6-7,10-11H2,1-3H3. The lowest BCUT2D eigenvalue weighted by molar-refractivity contribution is 0.178. The van der Waals surface area contributed by atoms with Gasteiger partial charge in [0.25, 0.3) is 0 Å². The predicted molar refractivity (Wildman–Crippen MR) is 130 cm³/mol. The Labute approximate surface area is 194 Å². The third kappa shape index (κ3) is 3.77. The Morgan fingerprint density at radius 3 is 2.53 bits per heavy atom. The van der Waals surface area contributed by atoms with Crippen LogP contribution in [0.3, 0.4) is 0 Å². The van der Waals surface area contributed by atoms with Crippen molar-refractivity contribution in [1.82, 2.24) is 15.0 Å². The van der Waals surface area contributed by atoms with Crippen molar-refractivity contribution in [1.29, 1.82) is 0 Å². The van der Waals surface area contributed by atoms with E-state index in [4.69, 9.17) is 19.4 Å². The fourth-order valence-corrected chi connectivity index (χ4v) is 6.06. The number of nitrogens with zero attached hydrogens (tertiary/aromatic N) is 4. The Balaban J connectivity index is 1.80. The summed E-state index contributed by atoms with van der Waals surface area (Å²) in [6.07, 6.45) is 5.60. The minimum absolute atomic E-state index is 0.377. The molecular weight excluding hydrogens is 444 g/mol. The molecule has 9 heteroatoms. The summed E-state index contributed by atoms with van der Waals surface area (Å²) in [5, 5.41) is 22.0. The molecule has 7 nitrogen and oxygen atoms in total. The molecule has 32 heavy (non-hydrogen) atoms. The summed E-state index contributed by atoms with van der Waals surface area (Å²) in [6, 6.07) is 3.86. The molecule has 0 saturated heterocycles. The number of aliphatic hydroxyl groups excluding tert-OH is 2. The van der Waals surface area contributed by atoms with Gasteiger partial charge in [0.15, 0.2) is 16.7 Å². The second kappa shape index (κ2) is 8.62. The van der Waals surface area contributed by atoms with Gasteiger partial charge in [0.05, 0.1) is 28.7 Å². The van der Waals surface area contributed by atoms with Gasteiger partial charge in [-0.25, -0.2) is 15.0 Å². The number of hydrogen-bond donors (Lipinski definition) is 2. The molecule has 0 aromatic carbocycles. The van der Waals surface area contributed by atoms with Crippen molar-refractivity contribution in [2.75, 3.05) is 24.2 Å². The monoisotopic (exact) mass is 470 g/mol. The molecule has 0 bridgehead atoms. The number of fused-ring (bicyclic) bond motifs is 5. The fourth-order valence-electron chi connectivity index (χ4n) is 4.54. The second-order valence-corrected chi connectivity index (χ2v) is 10.1. The van der Waals surface area contributed by atoms with Gasteiger partial charge in [-0.3, -0.25) is 0 Å². The second-order valence-electron chi connectivity index (χ2n) is 8.35. The Kier molecular flexibility index (Phi) is 5.83. The molecule has 0 amide bonds. The number of anilines is 1. The minimum atomic E-state index is -0.557. The third-order valence-corrected chi connectivity index (χ3v) is 7.32. The summed E-state index contributed by atoms with van der Waals surface area (Å²) in [4.78, 5) is 17.6. The average Bonchev–Trinajstić information content (AvgIpc) is 3.49. The summed E-state index contributed by atoms with van der Waals surface area (Å²) >= 11 is 3.07. The number of thiophene rings is 1. The fraction of sp³-hybridized carbons (Fsp3) is 0.435. The molecule has 0 fully saturated rings. The first-order valence-electron chi connectivity index (χ1n) is 10.8. The van der Waals surface area contributed by atoms with Crippen LogP contribution in [0.1, 0.15) is 31.4 Å². The molecule has 2 N–H and O–H groups in total. The number of furan rings is 1. The van der Waals surface area contributed by atoms with Gasteiger partial charge >= 0.3 is 0 Å². The SMILES string of the molecule is CSc1nc(N(CC(C)O)CC(C)O)c2sc3nc(-c4ccco4)c4c(c3c2n1)CCC4. The van der Waals surface area contributed by atoms with E-state index in [1.165, 1.54) is 22.9 Å². The first kappa shape index (κ1) is 21.6. The lowest BCUT2D eigenvalue weighted by Gasteiger charge is -2.27. The third-order valence-electron chi connectivity index (χ3n) is 5.70. The molecule has 2 atom stereocenters. The van der Waals surface area contributed by atoms with Crippen molar-refractivity contribution in [3.05, 3.63) is 29.5 Å². The van der Waals surface area contributed by atoms with Crippen molar-refractivity contribution >= 4 is 49.3 Å². The normalized spacial score (nSPS) is 15.4. The largest absolute Gasteiger partial charge is 0.463 e. The maximum absolute atomic E-state index is 10.1. The van der Waals surface area contributed by atoms with E-state index in [1.54, 1.807) is 31.4 Å². The van der Waals surface area contributed by atoms with Crippen molar-refractivity contribution in [3.63, 3.8) is 0 Å². The van der Waals surface area contributed by atoms with Crippen molar-refractivity contribution in [2.45, 2.75) is 50.5 Å². The molecule has 0 aliphatic heterocycles. The molecule has 1 aliphatic carbocycles. The van der Waals surface area contributed by atoms with Crippen LogP contribution in [0.4, 0.5) is 5.82 Å². The Morgan fingerprint density at radius 2 is 1.88 bits per heavy atom. The first-order chi connectivity index (χ1) is 15.5. The number of aryl methyl sites for hydroxylation is 1. The quantitative estimate of drug-likeness (QED) is 0.305. The molecule has 0 radical (unpaired) electrons. The van der Waals surface area contributed by atoms with Crippen LogP contribution in [-0.2, 0) is 12.8 Å². The lowest BCUT2D eigenvalue weighted by Crippen LogP contribution is -2.37. The zero-order valence-electron chi connectivity index (χ0n) is 18.3. The molecule has 4 heterocycles. The predicted octanol–water partition coefficient (Wildman–Crippen LogP) is 4.28. The van der Waals surface area contributed by atoms with E-state index in [2.05, 4.69) is 0 Å². The Hall–Kier alpha value is -2.20. The summed E-state index contributed by atoms with van der Waals surface area (Å²) in [5.41, 5.74) is 4.40. The van der Waals surface area contributed by atoms with E-state index in [0.29, 0.717) is 18.2 Å². The molecule has 2 unspecified atom stereocenters. The van der Waals surface area contributed by atoms with E-state index < -0.39 is 12.2 Å². The van der Waals surface area contributed by atoms with Gasteiger partial charge in [0.1, 0.15) is 10.5 Å². The highest BCUT2D eigenvalue weighted by Gasteiger charge is 2.28. The minimum Gasteiger partial charge on any atom is -0.463 e. The van der Waals surface area contributed by atoms with Crippen LogP contribution in [-0.4, -0.2) is 56.7 Å². The topological polar surface area (TPSA) is 95.5 Å². The number of pyridine rings is 1.